The summed E-state index contributed by atoms with van der Waals surface area (Å²) in [6.45, 7) is 4.67. The van der Waals surface area contributed by atoms with Gasteiger partial charge in [0.05, 0.1) is 24.5 Å². The summed E-state index contributed by atoms with van der Waals surface area (Å²) in [6, 6.07) is 19.5. The van der Waals surface area contributed by atoms with Gasteiger partial charge in [0.1, 0.15) is 5.75 Å². The lowest BCUT2D eigenvalue weighted by molar-refractivity contribution is -0.120. The van der Waals surface area contributed by atoms with Crippen LogP contribution in [0, 0.1) is 0 Å². The molecule has 0 spiro atoms. The number of hydrogen-bond donors (Lipinski definition) is 5. The third-order valence-corrected chi connectivity index (χ3v) is 6.72. The van der Waals surface area contributed by atoms with Crippen LogP contribution < -0.4 is 15.4 Å². The van der Waals surface area contributed by atoms with Gasteiger partial charge in [0.2, 0.25) is 15.9 Å². The number of aliphatic hydroxyl groups is 1. The molecule has 0 radical (unpaired) electrons. The van der Waals surface area contributed by atoms with Crippen molar-refractivity contribution in [1.82, 2.24) is 10.6 Å². The van der Waals surface area contributed by atoms with Gasteiger partial charge < -0.3 is 20.8 Å². The minimum atomic E-state index is -3.58. The van der Waals surface area contributed by atoms with Gasteiger partial charge in [-0.05, 0) is 66.8 Å². The van der Waals surface area contributed by atoms with E-state index in [9.17, 15) is 23.4 Å². The first kappa shape index (κ1) is 29.4. The van der Waals surface area contributed by atoms with Gasteiger partial charge in [0.25, 0.3) is 0 Å². The number of aromatic hydroxyl groups is 1. The van der Waals surface area contributed by atoms with Crippen LogP contribution >= 0.6 is 11.6 Å². The van der Waals surface area contributed by atoms with Crippen LogP contribution in [0.2, 0.25) is 5.02 Å². The molecule has 0 aromatic heterocycles. The number of phenolic OH excluding ortho intramolecular Hbond substituents is 1. The fourth-order valence-electron chi connectivity index (χ4n) is 4.01. The van der Waals surface area contributed by atoms with Crippen molar-refractivity contribution in [2.24, 2.45) is 0 Å². The van der Waals surface area contributed by atoms with E-state index < -0.39 is 16.1 Å². The monoisotopic (exact) mass is 559 g/mol. The predicted octanol–water partition coefficient (Wildman–Crippen LogP) is 3.92. The summed E-state index contributed by atoms with van der Waals surface area (Å²) in [5.41, 5.74) is 3.01. The van der Waals surface area contributed by atoms with E-state index in [0.29, 0.717) is 23.6 Å². The molecule has 0 fully saturated rings. The Morgan fingerprint density at radius 2 is 1.68 bits per heavy atom. The van der Waals surface area contributed by atoms with E-state index in [-0.39, 0.29) is 35.8 Å². The maximum absolute atomic E-state index is 12.5. The van der Waals surface area contributed by atoms with Crippen molar-refractivity contribution in [2.45, 2.75) is 44.9 Å². The molecule has 0 saturated heterocycles. The van der Waals surface area contributed by atoms with Crippen LogP contribution in [0.15, 0.2) is 66.7 Å². The highest BCUT2D eigenvalue weighted by molar-refractivity contribution is 7.92. The number of carbonyl (C=O) groups is 1. The van der Waals surface area contributed by atoms with Crippen molar-refractivity contribution in [1.29, 1.82) is 0 Å². The van der Waals surface area contributed by atoms with Gasteiger partial charge in [0.15, 0.2) is 0 Å². The van der Waals surface area contributed by atoms with Gasteiger partial charge in [-0.15, -0.1) is 0 Å². The zero-order valence-corrected chi connectivity index (χ0v) is 23.2. The zero-order valence-electron chi connectivity index (χ0n) is 21.7. The SMILES string of the molecule is CC(C)(Cc1cccc(CC(=O)NCc2ccc(Cl)cc2)c1)NC[C@H](O)c1ccc(O)c(NS(C)(=O)=O)c1. The molecule has 8 nitrogen and oxygen atoms in total. The topological polar surface area (TPSA) is 128 Å². The van der Waals surface area contributed by atoms with Gasteiger partial charge in [-0.3, -0.25) is 9.52 Å². The van der Waals surface area contributed by atoms with Crippen LogP contribution in [0.1, 0.15) is 42.2 Å². The third kappa shape index (κ3) is 9.64. The molecule has 38 heavy (non-hydrogen) atoms. The second kappa shape index (κ2) is 12.6. The molecule has 1 amide bonds. The second-order valence-electron chi connectivity index (χ2n) is 10.0. The number of benzene rings is 3. The summed E-state index contributed by atoms with van der Waals surface area (Å²) < 4.78 is 25.3. The number of phenols is 1. The number of halogens is 1. The van der Waals surface area contributed by atoms with Crippen molar-refractivity contribution in [2.75, 3.05) is 17.5 Å². The van der Waals surface area contributed by atoms with Crippen LogP contribution in [0.25, 0.3) is 0 Å². The lowest BCUT2D eigenvalue weighted by Gasteiger charge is -2.28. The molecule has 1 atom stereocenters. The lowest BCUT2D eigenvalue weighted by atomic mass is 9.93. The molecule has 3 aromatic rings. The van der Waals surface area contributed by atoms with Crippen LogP contribution in [0.4, 0.5) is 5.69 Å². The number of hydrogen-bond acceptors (Lipinski definition) is 6. The number of nitrogens with one attached hydrogen (secondary N) is 3. The quantitative estimate of drug-likeness (QED) is 0.214. The average molecular weight is 560 g/mol. The molecule has 0 aliphatic carbocycles. The number of rotatable bonds is 12. The predicted molar refractivity (Wildman–Crippen MR) is 151 cm³/mol. The van der Waals surface area contributed by atoms with E-state index in [1.807, 2.05) is 50.2 Å². The smallest absolute Gasteiger partial charge is 0.229 e. The Bertz CT molecular complexity index is 1360. The molecule has 204 valence electrons. The van der Waals surface area contributed by atoms with Gasteiger partial charge in [-0.1, -0.05) is 54.1 Å². The normalized spacial score (nSPS) is 12.7. The highest BCUT2D eigenvalue weighted by Crippen LogP contribution is 2.28. The van der Waals surface area contributed by atoms with Crippen LogP contribution in [0.3, 0.4) is 0 Å². The number of β-amino-alcohol motifs (C(OH)–C–C–N with tert-alkyl or cyclic N) is 1. The zero-order chi connectivity index (χ0) is 27.9. The van der Waals surface area contributed by atoms with Crippen molar-refractivity contribution >= 4 is 33.2 Å². The third-order valence-electron chi connectivity index (χ3n) is 5.88. The minimum absolute atomic E-state index is 0.0114. The summed E-state index contributed by atoms with van der Waals surface area (Å²) in [4.78, 5) is 12.5. The van der Waals surface area contributed by atoms with Crippen LogP contribution in [0.5, 0.6) is 5.75 Å². The highest BCUT2D eigenvalue weighted by Gasteiger charge is 2.21. The van der Waals surface area contributed by atoms with E-state index >= 15 is 0 Å². The molecule has 0 aliphatic rings. The molecule has 10 heteroatoms. The first-order valence-corrected chi connectivity index (χ1v) is 14.4. The largest absolute Gasteiger partial charge is 0.506 e. The minimum Gasteiger partial charge on any atom is -0.506 e. The van der Waals surface area contributed by atoms with E-state index in [2.05, 4.69) is 15.4 Å². The number of sulfonamides is 1. The number of aliphatic hydroxyl groups excluding tert-OH is 1. The molecule has 0 bridgehead atoms. The van der Waals surface area contributed by atoms with E-state index in [4.69, 9.17) is 11.6 Å². The summed E-state index contributed by atoms with van der Waals surface area (Å²) in [5.74, 6) is -0.297. The van der Waals surface area contributed by atoms with Gasteiger partial charge in [-0.2, -0.15) is 0 Å². The summed E-state index contributed by atoms with van der Waals surface area (Å²) in [7, 11) is -3.58. The van der Waals surface area contributed by atoms with Crippen LogP contribution in [-0.2, 0) is 34.2 Å². The average Bonchev–Trinajstić information content (AvgIpc) is 2.83. The van der Waals surface area contributed by atoms with Gasteiger partial charge in [-0.25, -0.2) is 8.42 Å². The van der Waals surface area contributed by atoms with Crippen molar-refractivity contribution in [3.63, 3.8) is 0 Å². The maximum Gasteiger partial charge on any atom is 0.229 e. The molecule has 3 aromatic carbocycles. The number of anilines is 1. The van der Waals surface area contributed by atoms with Crippen LogP contribution in [-0.4, -0.2) is 42.9 Å². The van der Waals surface area contributed by atoms with E-state index in [1.54, 1.807) is 18.2 Å². The van der Waals surface area contributed by atoms with Gasteiger partial charge >= 0.3 is 0 Å². The van der Waals surface area contributed by atoms with E-state index in [0.717, 1.165) is 22.9 Å². The number of carbonyl (C=O) groups excluding carboxylic acids is 1. The van der Waals surface area contributed by atoms with Crippen molar-refractivity contribution in [3.05, 3.63) is 94.0 Å². The standard InChI is InChI=1S/C28H34ClN3O5S/c1-28(2,31-18-26(34)22-9-12-25(33)24(15-22)32-38(3,36)37)16-21-6-4-5-20(13-21)14-27(35)30-17-19-7-10-23(29)11-8-19/h4-13,15,26,31-34H,14,16-18H2,1-3H3,(H,30,35)/t26-/m0/s1. The fourth-order valence-corrected chi connectivity index (χ4v) is 4.70. The Morgan fingerprint density at radius 1 is 1.00 bits per heavy atom. The number of amides is 1. The molecular formula is C28H34ClN3O5S. The molecule has 0 saturated carbocycles. The summed E-state index contributed by atoms with van der Waals surface area (Å²) in [6.07, 6.45) is 0.975. The fraction of sp³-hybridized carbons (Fsp3) is 0.321. The van der Waals surface area contributed by atoms with Crippen molar-refractivity contribution in [3.8, 4) is 5.75 Å². The Morgan fingerprint density at radius 3 is 2.37 bits per heavy atom. The molecular weight excluding hydrogens is 526 g/mol. The first-order chi connectivity index (χ1) is 17.8. The Kier molecular flexibility index (Phi) is 9.78. The summed E-state index contributed by atoms with van der Waals surface area (Å²) >= 11 is 5.90. The Hall–Kier alpha value is -3.11. The summed E-state index contributed by atoms with van der Waals surface area (Å²) in [5, 5.41) is 27.5. The van der Waals surface area contributed by atoms with E-state index in [1.165, 1.54) is 12.1 Å². The lowest BCUT2D eigenvalue weighted by Crippen LogP contribution is -2.43. The molecule has 0 unspecified atom stereocenters. The van der Waals surface area contributed by atoms with Gasteiger partial charge in [0, 0.05) is 23.7 Å². The molecule has 0 aliphatic heterocycles. The second-order valence-corrected chi connectivity index (χ2v) is 12.2. The van der Waals surface area contributed by atoms with Crippen molar-refractivity contribution < 1.29 is 23.4 Å². The maximum atomic E-state index is 12.5. The molecule has 3 rings (SSSR count). The Balaban J connectivity index is 1.54. The Labute approximate surface area is 229 Å². The molecule has 0 heterocycles. The first-order valence-electron chi connectivity index (χ1n) is 12.1. The highest BCUT2D eigenvalue weighted by atomic mass is 35.5. The molecule has 5 N–H and O–H groups in total.